The fourth-order valence-electron chi connectivity index (χ4n) is 0.841. The molecule has 0 fully saturated rings. The van der Waals surface area contributed by atoms with Gasteiger partial charge in [-0.25, -0.2) is 0 Å². The van der Waals surface area contributed by atoms with Crippen LogP contribution < -0.4 is 24.8 Å². The van der Waals surface area contributed by atoms with Crippen molar-refractivity contribution in [3.63, 3.8) is 0 Å². The van der Waals surface area contributed by atoms with Crippen molar-refractivity contribution in [2.24, 2.45) is 0 Å². The van der Waals surface area contributed by atoms with Gasteiger partial charge in [-0.2, -0.15) is 0 Å². The Labute approximate surface area is 154 Å². The van der Waals surface area contributed by atoms with E-state index in [0.29, 0.717) is 0 Å². The van der Waals surface area contributed by atoms with E-state index in [9.17, 15) is 0 Å². The molecule has 1 rings (SSSR count). The minimum absolute atomic E-state index is 0. The van der Waals surface area contributed by atoms with E-state index >= 15 is 0 Å². The number of nitrogens with zero attached hydrogens (tertiary/aromatic N) is 1. The largest absolute Gasteiger partial charge is 2.00 e. The Bertz CT molecular complexity index is 177. The summed E-state index contributed by atoms with van der Waals surface area (Å²) in [4.78, 5) is 5.07. The zero-order valence-electron chi connectivity index (χ0n) is 13.2. The van der Waals surface area contributed by atoms with Crippen molar-refractivity contribution in [1.29, 1.82) is 0 Å². The van der Waals surface area contributed by atoms with Gasteiger partial charge in [0.05, 0.1) is 0 Å². The van der Waals surface area contributed by atoms with Crippen molar-refractivity contribution >= 4 is 0 Å². The number of rotatable bonds is 5. The van der Waals surface area contributed by atoms with Crippen molar-refractivity contribution in [3.05, 3.63) is 66.5 Å². The van der Waals surface area contributed by atoms with Gasteiger partial charge in [0.1, 0.15) is 0 Å². The Morgan fingerprint density at radius 3 is 2.00 bits per heavy atom. The van der Waals surface area contributed by atoms with Gasteiger partial charge in [0, 0.05) is 6.61 Å². The molecule has 0 aromatic rings. The average Bonchev–Trinajstić information content (AvgIpc) is 2.50. The average molecular weight is 390 g/mol. The third kappa shape index (κ3) is 27.8. The molecular weight excluding hydrogens is 360 g/mol. The van der Waals surface area contributed by atoms with Crippen molar-refractivity contribution in [1.82, 2.24) is 0 Å². The number of allylic oxidation sites excluding steroid dienone is 3. The molecule has 0 atom stereocenters. The number of unbranched alkanes of at least 4 members (excludes halogenated alkanes) is 1. The van der Waals surface area contributed by atoms with Gasteiger partial charge in [0.2, 0.25) is 0 Å². The van der Waals surface area contributed by atoms with Crippen LogP contribution in [0.2, 0.25) is 0 Å². The summed E-state index contributed by atoms with van der Waals surface area (Å²) in [6, 6.07) is 0. The van der Waals surface area contributed by atoms with Gasteiger partial charge < -0.3 is 72.3 Å². The molecular formula is C14H29Cl2NOZr-6. The summed E-state index contributed by atoms with van der Waals surface area (Å²) >= 11 is 0. The SMILES string of the molecule is CCCCO[N-]C1=CC=CC1.[CH3-].[CH3-].[CH3-].[CH3-].[CH3-].[Cl-].[Cl-].[Zr+2]. The second-order valence-corrected chi connectivity index (χ2v) is 2.57. The minimum atomic E-state index is 0. The molecule has 2 nitrogen and oxygen atoms in total. The smallest absolute Gasteiger partial charge is 1.00 e. The Balaban J connectivity index is -0.0000000252. The second-order valence-electron chi connectivity index (χ2n) is 2.57. The summed E-state index contributed by atoms with van der Waals surface area (Å²) in [7, 11) is 0. The van der Waals surface area contributed by atoms with E-state index in [1.807, 2.05) is 12.2 Å². The maximum atomic E-state index is 5.07. The zero-order chi connectivity index (χ0) is 7.94. The van der Waals surface area contributed by atoms with Crippen molar-refractivity contribution < 1.29 is 55.9 Å². The van der Waals surface area contributed by atoms with Gasteiger partial charge in [-0.3, -0.25) is 0 Å². The zero-order valence-corrected chi connectivity index (χ0v) is 17.1. The fourth-order valence-corrected chi connectivity index (χ4v) is 0.841. The molecule has 0 saturated carbocycles. The maximum Gasteiger partial charge on any atom is 2.00 e. The fraction of sp³-hybridized carbons (Fsp3) is 0.357. The van der Waals surface area contributed by atoms with Gasteiger partial charge in [-0.05, 0) is 12.8 Å². The second kappa shape index (κ2) is 36.3. The van der Waals surface area contributed by atoms with Gasteiger partial charge in [0.15, 0.2) is 0 Å². The molecule has 0 spiro atoms. The van der Waals surface area contributed by atoms with Crippen LogP contribution in [0.5, 0.6) is 0 Å². The summed E-state index contributed by atoms with van der Waals surface area (Å²) in [5, 5.41) is 0. The number of hydroxylamine groups is 1. The predicted molar refractivity (Wildman–Crippen MR) is 78.1 cm³/mol. The summed E-state index contributed by atoms with van der Waals surface area (Å²) in [6.45, 7) is 2.88. The maximum absolute atomic E-state index is 5.07. The Hall–Kier alpha value is 0.703. The van der Waals surface area contributed by atoms with Gasteiger partial charge in [0.25, 0.3) is 0 Å². The summed E-state index contributed by atoms with van der Waals surface area (Å²) in [5.41, 5.74) is 4.99. The molecule has 0 radical (unpaired) electrons. The number of hydrogen-bond acceptors (Lipinski definition) is 1. The first-order valence-corrected chi connectivity index (χ1v) is 4.12. The first-order chi connectivity index (χ1) is 5.43. The third-order valence-electron chi connectivity index (χ3n) is 1.52. The molecule has 5 heteroatoms. The minimum Gasteiger partial charge on any atom is -1.00 e. The van der Waals surface area contributed by atoms with Crippen LogP contribution in [0.15, 0.2) is 23.9 Å². The first-order valence-electron chi connectivity index (χ1n) is 4.12. The molecule has 0 unspecified atom stereocenters. The molecule has 0 aromatic heterocycles. The molecule has 1 aliphatic rings. The molecule has 0 saturated heterocycles. The summed E-state index contributed by atoms with van der Waals surface area (Å²) in [6.07, 6.45) is 9.22. The van der Waals surface area contributed by atoms with E-state index in [1.165, 1.54) is 0 Å². The molecule has 0 aliphatic heterocycles. The monoisotopic (exact) mass is 387 g/mol. The van der Waals surface area contributed by atoms with Gasteiger partial charge in [-0.1, -0.05) is 31.6 Å². The number of hydrogen-bond donors (Lipinski definition) is 0. The topological polar surface area (TPSA) is 23.3 Å². The van der Waals surface area contributed by atoms with Crippen LogP contribution in [0.3, 0.4) is 0 Å². The third-order valence-corrected chi connectivity index (χ3v) is 1.52. The van der Waals surface area contributed by atoms with E-state index in [-0.39, 0.29) is 88.2 Å². The van der Waals surface area contributed by atoms with Crippen molar-refractivity contribution in [2.75, 3.05) is 6.61 Å². The Morgan fingerprint density at radius 2 is 1.63 bits per heavy atom. The Kier molecular flexibility index (Phi) is 96.2. The molecule has 0 bridgehead atoms. The quantitative estimate of drug-likeness (QED) is 0.343. The standard InChI is InChI=1S/C9H14NO.5CH3.2ClH.Zr/c1-2-3-8-11-10-9-6-4-5-7-9;;;;;;;;/h4-6H,2-3,7-8H2,1H3;5*1H3;2*1H;/q6*-1;;;+2/p-2. The van der Waals surface area contributed by atoms with Crippen LogP contribution in [0, 0.1) is 37.1 Å². The van der Waals surface area contributed by atoms with Crippen LogP contribution in [-0.4, -0.2) is 6.61 Å². The van der Waals surface area contributed by atoms with Crippen molar-refractivity contribution in [3.8, 4) is 0 Å². The van der Waals surface area contributed by atoms with Crippen molar-refractivity contribution in [2.45, 2.75) is 26.2 Å². The summed E-state index contributed by atoms with van der Waals surface area (Å²) in [5.74, 6) is 0. The van der Waals surface area contributed by atoms with Gasteiger partial charge in [-0.15, -0.1) is 5.70 Å². The van der Waals surface area contributed by atoms with E-state index in [1.54, 1.807) is 0 Å². The van der Waals surface area contributed by atoms with Crippen LogP contribution in [0.1, 0.15) is 26.2 Å². The molecule has 1 aliphatic carbocycles. The molecule has 0 amide bonds. The molecule has 19 heavy (non-hydrogen) atoms. The molecule has 0 heterocycles. The summed E-state index contributed by atoms with van der Waals surface area (Å²) < 4.78 is 0. The van der Waals surface area contributed by atoms with E-state index in [2.05, 4.69) is 18.5 Å². The first kappa shape index (κ1) is 50.3. The van der Waals surface area contributed by atoms with Gasteiger partial charge >= 0.3 is 26.2 Å². The number of halogens is 2. The molecule has 0 N–H and O–H groups in total. The van der Waals surface area contributed by atoms with E-state index in [0.717, 1.165) is 31.6 Å². The molecule has 120 valence electrons. The van der Waals surface area contributed by atoms with Crippen LogP contribution in [0.4, 0.5) is 0 Å². The Morgan fingerprint density at radius 1 is 1.11 bits per heavy atom. The van der Waals surface area contributed by atoms with E-state index in [4.69, 9.17) is 4.84 Å². The van der Waals surface area contributed by atoms with E-state index < -0.39 is 0 Å². The van der Waals surface area contributed by atoms with Crippen LogP contribution in [-0.2, 0) is 31.0 Å². The normalized spacial score (nSPS) is 8.79. The van der Waals surface area contributed by atoms with Crippen LogP contribution >= 0.6 is 0 Å². The van der Waals surface area contributed by atoms with Crippen LogP contribution in [0.25, 0.3) is 5.48 Å². The molecule has 0 aromatic carbocycles. The predicted octanol–water partition coefficient (Wildman–Crippen LogP) is -0.807.